The largest absolute Gasteiger partial charge is 0.290 e. The van der Waals surface area contributed by atoms with Gasteiger partial charge in [0.05, 0.1) is 6.61 Å². The van der Waals surface area contributed by atoms with Gasteiger partial charge < -0.3 is 0 Å². The summed E-state index contributed by atoms with van der Waals surface area (Å²) in [6.07, 6.45) is 0. The minimum absolute atomic E-state index is 0.0275. The molecule has 0 heterocycles. The molecule has 0 amide bonds. The molecule has 66 valence electrons. The quantitative estimate of drug-likeness (QED) is 0.701. The Morgan fingerprint density at radius 1 is 1.50 bits per heavy atom. The van der Waals surface area contributed by atoms with Crippen LogP contribution in [0.25, 0.3) is 0 Å². The van der Waals surface area contributed by atoms with E-state index in [-0.39, 0.29) is 12.4 Å². The lowest BCUT2D eigenvalue weighted by Gasteiger charge is -2.08. The van der Waals surface area contributed by atoms with Gasteiger partial charge in [-0.3, -0.25) is 10.0 Å². The maximum Gasteiger partial charge on any atom is 0.128 e. The number of nitrogens with zero attached hydrogens (tertiary/aromatic N) is 1. The number of rotatable bonds is 3. The first-order valence-electron chi connectivity index (χ1n) is 3.49. The Morgan fingerprint density at radius 2 is 2.17 bits per heavy atom. The van der Waals surface area contributed by atoms with Crippen LogP contribution in [-0.4, -0.2) is 17.5 Å². The Bertz CT molecular complexity index is 253. The molecule has 1 rings (SSSR count). The average Bonchev–Trinajstić information content (AvgIpc) is 2.03. The maximum absolute atomic E-state index is 12.9. The summed E-state index contributed by atoms with van der Waals surface area (Å²) in [7, 11) is 1.32. The van der Waals surface area contributed by atoms with Gasteiger partial charge in [0.2, 0.25) is 0 Å². The third-order valence-corrected chi connectivity index (χ3v) is 1.36. The second-order valence-corrected chi connectivity index (χ2v) is 2.33. The summed E-state index contributed by atoms with van der Waals surface area (Å²) in [5.74, 6) is -0.334. The molecular weight excluding hydrogens is 161 g/mol. The molecule has 4 heteroatoms. The second-order valence-electron chi connectivity index (χ2n) is 2.33. The molecule has 0 bridgehead atoms. The minimum atomic E-state index is -0.334. The molecule has 1 aromatic rings. The lowest BCUT2D eigenvalue weighted by Crippen LogP contribution is -2.13. The molecule has 0 saturated carbocycles. The van der Waals surface area contributed by atoms with E-state index in [0.717, 1.165) is 0 Å². The van der Waals surface area contributed by atoms with E-state index in [1.807, 2.05) is 0 Å². The summed E-state index contributed by atoms with van der Waals surface area (Å²) in [5.41, 5.74) is 0.415. The molecule has 3 nitrogen and oxygen atoms in total. The summed E-state index contributed by atoms with van der Waals surface area (Å²) < 4.78 is 12.9. The van der Waals surface area contributed by atoms with E-state index in [1.54, 1.807) is 18.2 Å². The van der Waals surface area contributed by atoms with Gasteiger partial charge in [0.15, 0.2) is 0 Å². The molecule has 0 aromatic heterocycles. The molecule has 0 unspecified atom stereocenters. The van der Waals surface area contributed by atoms with E-state index in [0.29, 0.717) is 10.8 Å². The topological polar surface area (TPSA) is 32.7 Å². The number of hydrogen-bond donors (Lipinski definition) is 1. The smallest absolute Gasteiger partial charge is 0.128 e. The molecule has 0 fully saturated rings. The van der Waals surface area contributed by atoms with Crippen LogP contribution in [0.5, 0.6) is 0 Å². The van der Waals surface area contributed by atoms with Crippen LogP contribution in [-0.2, 0) is 11.4 Å². The van der Waals surface area contributed by atoms with Gasteiger partial charge in [0, 0.05) is 12.6 Å². The van der Waals surface area contributed by atoms with Crippen molar-refractivity contribution >= 4 is 0 Å². The van der Waals surface area contributed by atoms with Crippen molar-refractivity contribution < 1.29 is 14.4 Å². The van der Waals surface area contributed by atoms with Crippen molar-refractivity contribution in [1.29, 1.82) is 0 Å². The van der Waals surface area contributed by atoms with E-state index in [2.05, 4.69) is 4.84 Å². The van der Waals surface area contributed by atoms with Gasteiger partial charge in [0.25, 0.3) is 0 Å². The van der Waals surface area contributed by atoms with Gasteiger partial charge in [-0.2, -0.15) is 0 Å². The lowest BCUT2D eigenvalue weighted by atomic mass is 10.2. The van der Waals surface area contributed by atoms with Gasteiger partial charge in [-0.15, -0.1) is 0 Å². The Kier molecular flexibility index (Phi) is 3.16. The van der Waals surface area contributed by atoms with Crippen LogP contribution in [0.2, 0.25) is 0 Å². The second kappa shape index (κ2) is 4.15. The summed E-state index contributed by atoms with van der Waals surface area (Å²) >= 11 is 0. The van der Waals surface area contributed by atoms with Crippen LogP contribution in [0.4, 0.5) is 4.39 Å². The third kappa shape index (κ3) is 2.58. The molecule has 0 aliphatic carbocycles. The van der Waals surface area contributed by atoms with Gasteiger partial charge in [0.1, 0.15) is 5.82 Å². The van der Waals surface area contributed by atoms with Crippen LogP contribution >= 0.6 is 0 Å². The predicted octanol–water partition coefficient (Wildman–Crippen LogP) is 1.58. The standard InChI is InChI=1S/C8H10FNO2/c1-10(11)12-6-7-4-2-3-5-8(7)9/h2-5,11H,6H2,1H3. The molecule has 0 atom stereocenters. The number of halogens is 1. The Hall–Kier alpha value is -0.970. The zero-order valence-electron chi connectivity index (χ0n) is 6.70. The number of hydrogen-bond acceptors (Lipinski definition) is 3. The fraction of sp³-hybridized carbons (Fsp3) is 0.250. The van der Waals surface area contributed by atoms with E-state index in [4.69, 9.17) is 5.21 Å². The molecule has 12 heavy (non-hydrogen) atoms. The Balaban J connectivity index is 2.57. The van der Waals surface area contributed by atoms with Gasteiger partial charge in [-0.1, -0.05) is 23.4 Å². The highest BCUT2D eigenvalue weighted by molar-refractivity contribution is 5.15. The first-order valence-corrected chi connectivity index (χ1v) is 3.49. The van der Waals surface area contributed by atoms with Crippen molar-refractivity contribution in [2.24, 2.45) is 0 Å². The minimum Gasteiger partial charge on any atom is -0.290 e. The maximum atomic E-state index is 12.9. The van der Waals surface area contributed by atoms with E-state index in [9.17, 15) is 4.39 Å². The summed E-state index contributed by atoms with van der Waals surface area (Å²) in [6.45, 7) is 0.0275. The lowest BCUT2D eigenvalue weighted by molar-refractivity contribution is -0.330. The molecule has 0 spiro atoms. The van der Waals surface area contributed by atoms with Crippen LogP contribution in [0.3, 0.4) is 0 Å². The molecule has 0 aliphatic rings. The summed E-state index contributed by atoms with van der Waals surface area (Å²) in [6, 6.07) is 6.25. The Labute approximate surface area is 69.9 Å². The first kappa shape index (κ1) is 9.12. The van der Waals surface area contributed by atoms with Crippen LogP contribution in [0.15, 0.2) is 24.3 Å². The zero-order valence-corrected chi connectivity index (χ0v) is 6.70. The highest BCUT2D eigenvalue weighted by atomic mass is 19.1. The van der Waals surface area contributed by atoms with Crippen LogP contribution in [0, 0.1) is 5.82 Å². The average molecular weight is 171 g/mol. The van der Waals surface area contributed by atoms with E-state index < -0.39 is 0 Å². The summed E-state index contributed by atoms with van der Waals surface area (Å²) in [4.78, 5) is 4.66. The van der Waals surface area contributed by atoms with Crippen molar-refractivity contribution in [1.82, 2.24) is 5.23 Å². The van der Waals surface area contributed by atoms with Gasteiger partial charge >= 0.3 is 0 Å². The molecule has 1 aromatic carbocycles. The van der Waals surface area contributed by atoms with E-state index >= 15 is 0 Å². The number of benzene rings is 1. The monoisotopic (exact) mass is 171 g/mol. The zero-order chi connectivity index (χ0) is 8.97. The van der Waals surface area contributed by atoms with Crippen molar-refractivity contribution in [3.63, 3.8) is 0 Å². The van der Waals surface area contributed by atoms with Crippen molar-refractivity contribution in [2.75, 3.05) is 7.05 Å². The third-order valence-electron chi connectivity index (χ3n) is 1.36. The van der Waals surface area contributed by atoms with Gasteiger partial charge in [-0.05, 0) is 6.07 Å². The highest BCUT2D eigenvalue weighted by Gasteiger charge is 2.00. The normalized spacial score (nSPS) is 10.7. The fourth-order valence-corrected chi connectivity index (χ4v) is 0.778. The molecule has 0 radical (unpaired) electrons. The molecule has 0 aliphatic heterocycles. The highest BCUT2D eigenvalue weighted by Crippen LogP contribution is 2.07. The Morgan fingerprint density at radius 3 is 2.75 bits per heavy atom. The van der Waals surface area contributed by atoms with Crippen molar-refractivity contribution in [2.45, 2.75) is 6.61 Å². The van der Waals surface area contributed by atoms with Crippen molar-refractivity contribution in [3.8, 4) is 0 Å². The number of hydroxylamine groups is 2. The molecule has 1 N–H and O–H groups in total. The van der Waals surface area contributed by atoms with Crippen LogP contribution in [0.1, 0.15) is 5.56 Å². The fourth-order valence-electron chi connectivity index (χ4n) is 0.778. The van der Waals surface area contributed by atoms with Gasteiger partial charge in [-0.25, -0.2) is 4.39 Å². The predicted molar refractivity (Wildman–Crippen MR) is 40.7 cm³/mol. The molecular formula is C8H10FNO2. The van der Waals surface area contributed by atoms with Crippen molar-refractivity contribution in [3.05, 3.63) is 35.6 Å². The first-order chi connectivity index (χ1) is 5.70. The van der Waals surface area contributed by atoms with Crippen LogP contribution < -0.4 is 0 Å². The molecule has 0 saturated heterocycles. The van der Waals surface area contributed by atoms with E-state index in [1.165, 1.54) is 13.1 Å². The SMILES string of the molecule is CN(O)OCc1ccccc1F. The summed E-state index contributed by atoms with van der Waals surface area (Å²) in [5, 5.41) is 9.14.